The molecule has 2 rings (SSSR count). The van der Waals surface area contributed by atoms with E-state index in [0.29, 0.717) is 10.7 Å². The van der Waals surface area contributed by atoms with Gasteiger partial charge in [0.05, 0.1) is 0 Å². The van der Waals surface area contributed by atoms with Gasteiger partial charge in [0, 0.05) is 16.3 Å². The predicted molar refractivity (Wildman–Crippen MR) is 72.3 cm³/mol. The fourth-order valence-corrected chi connectivity index (χ4v) is 2.20. The number of phenolic OH excluding ortho intramolecular Hbond substituents is 1. The maximum Gasteiger partial charge on any atom is 0.231 e. The van der Waals surface area contributed by atoms with Gasteiger partial charge in [0.15, 0.2) is 0 Å². The van der Waals surface area contributed by atoms with Crippen LogP contribution in [0.2, 0.25) is 0 Å². The monoisotopic (exact) mass is 311 g/mol. The summed E-state index contributed by atoms with van der Waals surface area (Å²) in [5, 5.41) is 19.1. The molecule has 0 radical (unpaired) electrons. The number of hydrogen-bond donors (Lipinski definition) is 1. The van der Waals surface area contributed by atoms with Crippen LogP contribution in [0.25, 0.3) is 0 Å². The third-order valence-corrected chi connectivity index (χ3v) is 3.53. The van der Waals surface area contributed by atoms with Crippen LogP contribution < -0.4 is 0 Å². The normalized spacial score (nSPS) is 11.2. The molecule has 1 aromatic heterocycles. The summed E-state index contributed by atoms with van der Waals surface area (Å²) in [7, 11) is 0. The largest absolute Gasteiger partial charge is 0.507 e. The smallest absolute Gasteiger partial charge is 0.231 e. The zero-order valence-electron chi connectivity index (χ0n) is 9.09. The lowest BCUT2D eigenvalue weighted by molar-refractivity contribution is 0.474. The van der Waals surface area contributed by atoms with Gasteiger partial charge in [-0.1, -0.05) is 34.2 Å². The Labute approximate surface area is 111 Å². The minimum absolute atomic E-state index is 0.192. The molecule has 1 aromatic carbocycles. The SMILES string of the molecule is CCc1nnc(/N=C/c2cc(Br)ccc2O)s1. The molecular formula is C11H10BrN3OS. The maximum absolute atomic E-state index is 9.62. The fraction of sp³-hybridized carbons (Fsp3) is 0.182. The second-order valence-corrected chi connectivity index (χ2v) is 5.25. The molecule has 88 valence electrons. The molecule has 1 heterocycles. The van der Waals surface area contributed by atoms with Gasteiger partial charge >= 0.3 is 0 Å². The van der Waals surface area contributed by atoms with Gasteiger partial charge in [-0.15, -0.1) is 10.2 Å². The van der Waals surface area contributed by atoms with E-state index in [-0.39, 0.29) is 5.75 Å². The number of aromatic nitrogens is 2. The molecule has 0 bridgehead atoms. The molecule has 0 fully saturated rings. The van der Waals surface area contributed by atoms with E-state index in [1.807, 2.05) is 6.92 Å². The third kappa shape index (κ3) is 3.10. The van der Waals surface area contributed by atoms with Crippen molar-refractivity contribution in [2.75, 3.05) is 0 Å². The predicted octanol–water partition coefficient (Wildman–Crippen LogP) is 3.32. The van der Waals surface area contributed by atoms with E-state index in [1.54, 1.807) is 24.4 Å². The number of hydrogen-bond acceptors (Lipinski definition) is 5. The summed E-state index contributed by atoms with van der Waals surface area (Å²) >= 11 is 4.79. The van der Waals surface area contributed by atoms with Crippen molar-refractivity contribution in [3.63, 3.8) is 0 Å². The van der Waals surface area contributed by atoms with E-state index in [9.17, 15) is 5.11 Å². The summed E-state index contributed by atoms with van der Waals surface area (Å²) in [6, 6.07) is 5.18. The molecule has 0 aliphatic heterocycles. The lowest BCUT2D eigenvalue weighted by atomic mass is 10.2. The highest BCUT2D eigenvalue weighted by molar-refractivity contribution is 9.10. The van der Waals surface area contributed by atoms with Crippen LogP contribution in [-0.2, 0) is 6.42 Å². The molecule has 0 spiro atoms. The minimum Gasteiger partial charge on any atom is -0.507 e. The van der Waals surface area contributed by atoms with Crippen LogP contribution in [0.5, 0.6) is 5.75 Å². The third-order valence-electron chi connectivity index (χ3n) is 2.06. The van der Waals surface area contributed by atoms with Crippen LogP contribution in [0.1, 0.15) is 17.5 Å². The average molecular weight is 312 g/mol. The van der Waals surface area contributed by atoms with Crippen molar-refractivity contribution in [3.8, 4) is 5.75 Å². The van der Waals surface area contributed by atoms with Gasteiger partial charge in [-0.2, -0.15) is 0 Å². The van der Waals surface area contributed by atoms with Gasteiger partial charge in [-0.3, -0.25) is 0 Å². The Balaban J connectivity index is 2.22. The number of nitrogens with zero attached hydrogens (tertiary/aromatic N) is 3. The number of phenols is 1. The summed E-state index contributed by atoms with van der Waals surface area (Å²) in [6.45, 7) is 2.02. The van der Waals surface area contributed by atoms with Gasteiger partial charge in [-0.25, -0.2) is 4.99 Å². The summed E-state index contributed by atoms with van der Waals surface area (Å²) < 4.78 is 0.892. The Morgan fingerprint density at radius 3 is 3.00 bits per heavy atom. The molecule has 0 atom stereocenters. The molecule has 0 saturated heterocycles. The van der Waals surface area contributed by atoms with Crippen LogP contribution in [0, 0.1) is 0 Å². The second kappa shape index (κ2) is 5.37. The Morgan fingerprint density at radius 1 is 1.47 bits per heavy atom. The zero-order valence-corrected chi connectivity index (χ0v) is 11.5. The molecule has 0 aliphatic carbocycles. The average Bonchev–Trinajstić information content (AvgIpc) is 2.78. The van der Waals surface area contributed by atoms with Crippen LogP contribution >= 0.6 is 27.3 Å². The molecule has 0 aliphatic rings. The summed E-state index contributed by atoms with van der Waals surface area (Å²) in [6.07, 6.45) is 2.44. The second-order valence-electron chi connectivity index (χ2n) is 3.29. The van der Waals surface area contributed by atoms with E-state index in [2.05, 4.69) is 31.1 Å². The van der Waals surface area contributed by atoms with Crippen molar-refractivity contribution < 1.29 is 5.11 Å². The molecular weight excluding hydrogens is 302 g/mol. The van der Waals surface area contributed by atoms with Crippen molar-refractivity contribution in [2.24, 2.45) is 4.99 Å². The first-order valence-electron chi connectivity index (χ1n) is 5.04. The lowest BCUT2D eigenvalue weighted by Crippen LogP contribution is -1.82. The Kier molecular flexibility index (Phi) is 3.86. The van der Waals surface area contributed by atoms with Gasteiger partial charge in [0.2, 0.25) is 5.13 Å². The minimum atomic E-state index is 0.192. The van der Waals surface area contributed by atoms with Crippen LogP contribution in [-0.4, -0.2) is 21.5 Å². The van der Waals surface area contributed by atoms with E-state index in [1.165, 1.54) is 11.3 Å². The lowest BCUT2D eigenvalue weighted by Gasteiger charge is -1.97. The first-order valence-corrected chi connectivity index (χ1v) is 6.65. The number of halogens is 1. The Hall–Kier alpha value is -1.27. The van der Waals surface area contributed by atoms with Crippen molar-refractivity contribution in [1.82, 2.24) is 10.2 Å². The van der Waals surface area contributed by atoms with E-state index in [0.717, 1.165) is 15.9 Å². The van der Waals surface area contributed by atoms with Crippen LogP contribution in [0.3, 0.4) is 0 Å². The molecule has 0 unspecified atom stereocenters. The van der Waals surface area contributed by atoms with Crippen molar-refractivity contribution in [2.45, 2.75) is 13.3 Å². The summed E-state index contributed by atoms with van der Waals surface area (Å²) in [5.74, 6) is 0.192. The standard InChI is InChI=1S/C11H10BrN3OS/c1-2-10-14-15-11(17-10)13-6-7-5-8(12)3-4-9(7)16/h3-6,16H,2H2,1H3/b13-6+. The number of benzene rings is 1. The molecule has 1 N–H and O–H groups in total. The number of aromatic hydroxyl groups is 1. The van der Waals surface area contributed by atoms with Gasteiger partial charge < -0.3 is 5.11 Å². The van der Waals surface area contributed by atoms with Crippen molar-refractivity contribution >= 4 is 38.6 Å². The van der Waals surface area contributed by atoms with Crippen molar-refractivity contribution in [3.05, 3.63) is 33.2 Å². The Bertz CT molecular complexity index is 553. The summed E-state index contributed by atoms with van der Waals surface area (Å²) in [4.78, 5) is 4.19. The number of aliphatic imine (C=N–C) groups is 1. The number of aryl methyl sites for hydroxylation is 1. The van der Waals surface area contributed by atoms with Crippen molar-refractivity contribution in [1.29, 1.82) is 0 Å². The highest BCUT2D eigenvalue weighted by Gasteiger charge is 2.01. The molecule has 6 heteroatoms. The highest BCUT2D eigenvalue weighted by Crippen LogP contribution is 2.22. The fourth-order valence-electron chi connectivity index (χ4n) is 1.19. The molecule has 0 amide bonds. The van der Waals surface area contributed by atoms with Crippen LogP contribution in [0.15, 0.2) is 27.7 Å². The Morgan fingerprint density at radius 2 is 2.29 bits per heavy atom. The van der Waals surface area contributed by atoms with Gasteiger partial charge in [0.25, 0.3) is 0 Å². The highest BCUT2D eigenvalue weighted by atomic mass is 79.9. The molecule has 2 aromatic rings. The molecule has 4 nitrogen and oxygen atoms in total. The topological polar surface area (TPSA) is 58.4 Å². The maximum atomic E-state index is 9.62. The van der Waals surface area contributed by atoms with E-state index in [4.69, 9.17) is 0 Å². The number of rotatable bonds is 3. The first-order chi connectivity index (χ1) is 8.19. The zero-order chi connectivity index (χ0) is 12.3. The van der Waals surface area contributed by atoms with Crippen LogP contribution in [0.4, 0.5) is 5.13 Å². The quantitative estimate of drug-likeness (QED) is 0.885. The molecule has 0 saturated carbocycles. The first kappa shape index (κ1) is 12.2. The van der Waals surface area contributed by atoms with Gasteiger partial charge in [-0.05, 0) is 24.6 Å². The van der Waals surface area contributed by atoms with Gasteiger partial charge in [0.1, 0.15) is 10.8 Å². The summed E-state index contributed by atoms with van der Waals surface area (Å²) in [5.41, 5.74) is 0.646. The molecule has 17 heavy (non-hydrogen) atoms. The van der Waals surface area contributed by atoms with E-state index >= 15 is 0 Å². The van der Waals surface area contributed by atoms with E-state index < -0.39 is 0 Å².